The highest BCUT2D eigenvalue weighted by Crippen LogP contribution is 2.06. The number of rotatable bonds is 3. The summed E-state index contributed by atoms with van der Waals surface area (Å²) in [4.78, 5) is 10.4. The second kappa shape index (κ2) is 4.31. The Kier molecular flexibility index (Phi) is 3.32. The molecule has 0 aromatic rings. The average Bonchev–Trinajstić information content (AvgIpc) is 2.39. The normalized spacial score (nSPS) is 18.6. The van der Waals surface area contributed by atoms with Crippen molar-refractivity contribution in [2.24, 2.45) is 0 Å². The van der Waals surface area contributed by atoms with Crippen molar-refractivity contribution in [3.8, 4) is 0 Å². The summed E-state index contributed by atoms with van der Waals surface area (Å²) in [6.07, 6.45) is 0.626. The number of ether oxygens (including phenoxy) is 2. The lowest BCUT2D eigenvalue weighted by atomic mass is 10.4. The Morgan fingerprint density at radius 1 is 1.55 bits per heavy atom. The Balaban J connectivity index is 1.98. The predicted molar refractivity (Wildman–Crippen MR) is 39.0 cm³/mol. The van der Waals surface area contributed by atoms with E-state index in [-0.39, 0.29) is 12.2 Å². The van der Waals surface area contributed by atoms with Crippen molar-refractivity contribution in [3.05, 3.63) is 0 Å². The molecule has 1 N–H and O–H groups in total. The molecule has 0 bridgehead atoms. The maximum absolute atomic E-state index is 10.4. The average molecular weight is 159 g/mol. The van der Waals surface area contributed by atoms with Crippen LogP contribution in [0.2, 0.25) is 0 Å². The van der Waals surface area contributed by atoms with Gasteiger partial charge in [-0.05, 0) is 0 Å². The van der Waals surface area contributed by atoms with Crippen LogP contribution >= 0.6 is 0 Å². The molecule has 1 aliphatic heterocycles. The summed E-state index contributed by atoms with van der Waals surface area (Å²) < 4.78 is 10.3. The summed E-state index contributed by atoms with van der Waals surface area (Å²) >= 11 is 0. The van der Waals surface area contributed by atoms with Gasteiger partial charge in [-0.1, -0.05) is 0 Å². The van der Waals surface area contributed by atoms with Crippen LogP contribution in [0, 0.1) is 0 Å². The van der Waals surface area contributed by atoms with Crippen LogP contribution in [0.5, 0.6) is 0 Å². The van der Waals surface area contributed by atoms with Crippen LogP contribution < -0.4 is 5.32 Å². The zero-order valence-corrected chi connectivity index (χ0v) is 6.63. The molecule has 1 rings (SSSR count). The molecule has 1 amide bonds. The summed E-state index contributed by atoms with van der Waals surface area (Å²) in [6, 6.07) is 0. The second-order valence-electron chi connectivity index (χ2n) is 2.44. The number of hydrogen-bond acceptors (Lipinski definition) is 3. The van der Waals surface area contributed by atoms with Crippen LogP contribution in [-0.2, 0) is 14.3 Å². The number of carbonyl (C=O) groups excluding carboxylic acids is 1. The van der Waals surface area contributed by atoms with Crippen LogP contribution in [0.15, 0.2) is 0 Å². The van der Waals surface area contributed by atoms with Gasteiger partial charge in [0, 0.05) is 19.9 Å². The van der Waals surface area contributed by atoms with Gasteiger partial charge in [-0.15, -0.1) is 0 Å². The molecular formula is C7H13NO3. The standard InChI is InChI=1S/C7H13NO3/c1-6(9)8-3-2-7-10-4-5-11-7/h7H,2-5H2,1H3,(H,8,9). The van der Waals surface area contributed by atoms with Crippen molar-refractivity contribution in [1.82, 2.24) is 5.32 Å². The van der Waals surface area contributed by atoms with E-state index >= 15 is 0 Å². The van der Waals surface area contributed by atoms with E-state index in [9.17, 15) is 4.79 Å². The quantitative estimate of drug-likeness (QED) is 0.624. The first-order valence-electron chi connectivity index (χ1n) is 3.76. The molecule has 1 saturated heterocycles. The fraction of sp³-hybridized carbons (Fsp3) is 0.857. The molecule has 0 aromatic carbocycles. The number of nitrogens with one attached hydrogen (secondary N) is 1. The molecular weight excluding hydrogens is 146 g/mol. The van der Waals surface area contributed by atoms with E-state index in [4.69, 9.17) is 9.47 Å². The first kappa shape index (κ1) is 8.49. The summed E-state index contributed by atoms with van der Waals surface area (Å²) in [5.74, 6) is -0.0111. The third-order valence-electron chi connectivity index (χ3n) is 1.44. The van der Waals surface area contributed by atoms with Crippen molar-refractivity contribution in [2.75, 3.05) is 19.8 Å². The van der Waals surface area contributed by atoms with Crippen molar-refractivity contribution in [3.63, 3.8) is 0 Å². The molecule has 1 fully saturated rings. The highest BCUT2D eigenvalue weighted by atomic mass is 16.7. The van der Waals surface area contributed by atoms with Gasteiger partial charge in [-0.2, -0.15) is 0 Å². The fourth-order valence-electron chi connectivity index (χ4n) is 0.940. The lowest BCUT2D eigenvalue weighted by molar-refractivity contribution is -0.119. The van der Waals surface area contributed by atoms with E-state index < -0.39 is 0 Å². The topological polar surface area (TPSA) is 47.6 Å². The zero-order chi connectivity index (χ0) is 8.10. The van der Waals surface area contributed by atoms with E-state index in [2.05, 4.69) is 5.32 Å². The van der Waals surface area contributed by atoms with Gasteiger partial charge in [0.2, 0.25) is 5.91 Å². The lowest BCUT2D eigenvalue weighted by Gasteiger charge is -2.07. The molecule has 0 atom stereocenters. The SMILES string of the molecule is CC(=O)NCCC1OCCO1. The molecule has 4 heteroatoms. The predicted octanol–water partition coefficient (Wildman–Crippen LogP) is -0.115. The van der Waals surface area contributed by atoms with Crippen molar-refractivity contribution in [2.45, 2.75) is 19.6 Å². The van der Waals surface area contributed by atoms with Crippen molar-refractivity contribution in [1.29, 1.82) is 0 Å². The molecule has 0 radical (unpaired) electrons. The van der Waals surface area contributed by atoms with Gasteiger partial charge in [0.05, 0.1) is 13.2 Å². The molecule has 0 unspecified atom stereocenters. The Bertz CT molecular complexity index is 132. The molecule has 0 aliphatic carbocycles. The monoisotopic (exact) mass is 159 g/mol. The summed E-state index contributed by atoms with van der Waals surface area (Å²) in [5.41, 5.74) is 0. The smallest absolute Gasteiger partial charge is 0.216 e. The summed E-state index contributed by atoms with van der Waals surface area (Å²) in [7, 11) is 0. The van der Waals surface area contributed by atoms with Crippen LogP contribution in [0.1, 0.15) is 13.3 Å². The van der Waals surface area contributed by atoms with Crippen LogP contribution in [0.25, 0.3) is 0 Å². The van der Waals surface area contributed by atoms with Gasteiger partial charge >= 0.3 is 0 Å². The summed E-state index contributed by atoms with van der Waals surface area (Å²) in [6.45, 7) is 3.46. The Labute approximate surface area is 65.9 Å². The van der Waals surface area contributed by atoms with E-state index in [1.54, 1.807) is 0 Å². The molecule has 1 aliphatic rings. The molecule has 64 valence electrons. The second-order valence-corrected chi connectivity index (χ2v) is 2.44. The molecule has 0 saturated carbocycles. The van der Waals surface area contributed by atoms with Gasteiger partial charge in [-0.3, -0.25) is 4.79 Å². The minimum atomic E-state index is -0.109. The van der Waals surface area contributed by atoms with E-state index in [0.29, 0.717) is 19.8 Å². The molecule has 4 nitrogen and oxygen atoms in total. The van der Waals surface area contributed by atoms with Gasteiger partial charge in [-0.25, -0.2) is 0 Å². The highest BCUT2D eigenvalue weighted by molar-refractivity contribution is 5.72. The Morgan fingerprint density at radius 3 is 2.73 bits per heavy atom. The van der Waals surface area contributed by atoms with Gasteiger partial charge in [0.25, 0.3) is 0 Å². The van der Waals surface area contributed by atoms with Crippen molar-refractivity contribution < 1.29 is 14.3 Å². The number of hydrogen-bond donors (Lipinski definition) is 1. The molecule has 0 aromatic heterocycles. The van der Waals surface area contributed by atoms with E-state index in [0.717, 1.165) is 6.42 Å². The minimum absolute atomic E-state index is 0.0111. The number of carbonyl (C=O) groups is 1. The third kappa shape index (κ3) is 3.34. The van der Waals surface area contributed by atoms with Gasteiger partial charge in [0.15, 0.2) is 6.29 Å². The minimum Gasteiger partial charge on any atom is -0.356 e. The van der Waals surface area contributed by atoms with Crippen LogP contribution in [0.3, 0.4) is 0 Å². The van der Waals surface area contributed by atoms with Gasteiger partial charge in [0.1, 0.15) is 0 Å². The van der Waals surface area contributed by atoms with E-state index in [1.165, 1.54) is 6.92 Å². The summed E-state index contributed by atoms with van der Waals surface area (Å²) in [5, 5.41) is 2.67. The number of amides is 1. The van der Waals surface area contributed by atoms with Gasteiger partial charge < -0.3 is 14.8 Å². The largest absolute Gasteiger partial charge is 0.356 e. The maximum atomic E-state index is 10.4. The Morgan fingerprint density at radius 2 is 2.18 bits per heavy atom. The molecule has 1 heterocycles. The highest BCUT2D eigenvalue weighted by Gasteiger charge is 2.14. The maximum Gasteiger partial charge on any atom is 0.216 e. The zero-order valence-electron chi connectivity index (χ0n) is 6.63. The van der Waals surface area contributed by atoms with E-state index in [1.807, 2.05) is 0 Å². The van der Waals surface area contributed by atoms with Crippen LogP contribution in [0.4, 0.5) is 0 Å². The molecule has 11 heavy (non-hydrogen) atoms. The first-order chi connectivity index (χ1) is 5.29. The molecule has 0 spiro atoms. The fourth-order valence-corrected chi connectivity index (χ4v) is 0.940. The Hall–Kier alpha value is -0.610. The van der Waals surface area contributed by atoms with Crippen molar-refractivity contribution >= 4 is 5.91 Å². The lowest BCUT2D eigenvalue weighted by Crippen LogP contribution is -2.24. The van der Waals surface area contributed by atoms with Crippen LogP contribution in [-0.4, -0.2) is 32.0 Å². The first-order valence-corrected chi connectivity index (χ1v) is 3.76. The third-order valence-corrected chi connectivity index (χ3v) is 1.44.